The first-order valence-corrected chi connectivity index (χ1v) is 9.55. The Bertz CT molecular complexity index is 1480. The van der Waals surface area contributed by atoms with Crippen LogP contribution in [0.5, 0.6) is 0 Å². The molecule has 0 saturated carbocycles. The smallest absolute Gasteiger partial charge is 0.269 e. The summed E-state index contributed by atoms with van der Waals surface area (Å²) in [6.07, 6.45) is 1.50. The van der Waals surface area contributed by atoms with E-state index >= 15 is 0 Å². The predicted octanol–water partition coefficient (Wildman–Crippen LogP) is 2.03. The second-order valence-corrected chi connectivity index (χ2v) is 7.56. The maximum Gasteiger partial charge on any atom is 0.269 e. The molecule has 1 aliphatic heterocycles. The van der Waals surface area contributed by atoms with E-state index in [1.165, 1.54) is 47.0 Å². The van der Waals surface area contributed by atoms with Crippen LogP contribution in [0.1, 0.15) is 17.2 Å². The summed E-state index contributed by atoms with van der Waals surface area (Å²) in [7, 11) is 0. The monoisotopic (exact) mass is 418 g/mol. The lowest BCUT2D eigenvalue weighted by molar-refractivity contribution is 0.604. The van der Waals surface area contributed by atoms with Gasteiger partial charge in [-0.25, -0.2) is 8.78 Å². The van der Waals surface area contributed by atoms with Gasteiger partial charge in [0.1, 0.15) is 34.0 Å². The first-order chi connectivity index (χ1) is 14.4. The molecule has 0 aliphatic carbocycles. The van der Waals surface area contributed by atoms with Gasteiger partial charge in [-0.05, 0) is 41.5 Å². The SMILES string of the molecule is N#CC1=C(N)C(C#N)=c2sc(=Cc3cccc(F)c3)c(=O)n2C1c1cccc(F)c1. The second kappa shape index (κ2) is 7.43. The highest BCUT2D eigenvalue weighted by molar-refractivity contribution is 7.07. The van der Waals surface area contributed by atoms with Gasteiger partial charge in [0.15, 0.2) is 0 Å². The second-order valence-electron chi connectivity index (χ2n) is 6.53. The Labute approximate surface area is 173 Å². The fourth-order valence-electron chi connectivity index (χ4n) is 3.40. The number of fused-ring (bicyclic) bond motifs is 1. The van der Waals surface area contributed by atoms with E-state index in [0.717, 1.165) is 11.3 Å². The summed E-state index contributed by atoms with van der Waals surface area (Å²) in [6, 6.07) is 14.2. The molecule has 0 bridgehead atoms. The van der Waals surface area contributed by atoms with Crippen LogP contribution in [0.15, 0.2) is 64.6 Å². The number of allylic oxidation sites excluding steroid dienone is 2. The molecule has 1 atom stereocenters. The van der Waals surface area contributed by atoms with Gasteiger partial charge in [0.2, 0.25) is 0 Å². The number of hydrogen-bond donors (Lipinski definition) is 1. The van der Waals surface area contributed by atoms with Crippen molar-refractivity contribution in [1.82, 2.24) is 4.57 Å². The summed E-state index contributed by atoms with van der Waals surface area (Å²) in [5, 5.41) is 19.3. The standard InChI is InChI=1S/C22H12F2N4OS/c23-14-5-1-3-12(7-14)8-18-21(29)28-20(13-4-2-6-15(24)9-13)16(10-25)19(27)17(11-26)22(28)30-18/h1-9,20H,27H2. The van der Waals surface area contributed by atoms with Crippen molar-refractivity contribution in [3.63, 3.8) is 0 Å². The largest absolute Gasteiger partial charge is 0.397 e. The van der Waals surface area contributed by atoms with Crippen molar-refractivity contribution >= 4 is 23.0 Å². The van der Waals surface area contributed by atoms with Crippen LogP contribution in [0, 0.1) is 34.3 Å². The predicted molar refractivity (Wildman–Crippen MR) is 108 cm³/mol. The lowest BCUT2D eigenvalue weighted by atomic mass is 9.93. The normalized spacial score (nSPS) is 16.2. The number of halogens is 2. The Morgan fingerprint density at radius 3 is 2.40 bits per heavy atom. The Kier molecular flexibility index (Phi) is 4.78. The van der Waals surface area contributed by atoms with Gasteiger partial charge in [0.25, 0.3) is 5.56 Å². The quantitative estimate of drug-likeness (QED) is 0.689. The van der Waals surface area contributed by atoms with Crippen molar-refractivity contribution in [3.8, 4) is 12.1 Å². The molecule has 2 N–H and O–H groups in total. The fourth-order valence-corrected chi connectivity index (χ4v) is 4.53. The number of nitriles is 2. The third kappa shape index (κ3) is 3.10. The van der Waals surface area contributed by atoms with E-state index in [4.69, 9.17) is 5.73 Å². The van der Waals surface area contributed by atoms with Crippen molar-refractivity contribution < 1.29 is 8.78 Å². The van der Waals surface area contributed by atoms with Crippen LogP contribution in [-0.4, -0.2) is 4.57 Å². The van der Waals surface area contributed by atoms with E-state index in [9.17, 15) is 24.1 Å². The number of aromatic nitrogens is 1. The molecule has 2 aromatic carbocycles. The molecule has 0 amide bonds. The maximum absolute atomic E-state index is 13.9. The molecule has 1 unspecified atom stereocenters. The molecule has 0 spiro atoms. The summed E-state index contributed by atoms with van der Waals surface area (Å²) in [4.78, 5) is 13.3. The van der Waals surface area contributed by atoms with Crippen molar-refractivity contribution in [2.75, 3.05) is 0 Å². The molecule has 0 saturated heterocycles. The zero-order valence-corrected chi connectivity index (χ0v) is 16.1. The van der Waals surface area contributed by atoms with Crippen LogP contribution in [0.25, 0.3) is 11.6 Å². The van der Waals surface area contributed by atoms with Crippen molar-refractivity contribution in [3.05, 3.63) is 102 Å². The Morgan fingerprint density at radius 1 is 1.07 bits per heavy atom. The van der Waals surface area contributed by atoms with E-state index in [0.29, 0.717) is 11.1 Å². The van der Waals surface area contributed by atoms with Crippen LogP contribution in [0.3, 0.4) is 0 Å². The van der Waals surface area contributed by atoms with E-state index in [1.54, 1.807) is 12.1 Å². The molecule has 2 heterocycles. The molecule has 3 aromatic rings. The number of rotatable bonds is 2. The fraction of sp³-hybridized carbons (Fsp3) is 0.0455. The Morgan fingerprint density at radius 2 is 1.77 bits per heavy atom. The highest BCUT2D eigenvalue weighted by Gasteiger charge is 2.31. The van der Waals surface area contributed by atoms with Gasteiger partial charge in [-0.3, -0.25) is 9.36 Å². The van der Waals surface area contributed by atoms with Crippen molar-refractivity contribution in [2.24, 2.45) is 5.73 Å². The number of nitrogens with zero attached hydrogens (tertiary/aromatic N) is 3. The Hall–Kier alpha value is -4.01. The zero-order chi connectivity index (χ0) is 21.4. The highest BCUT2D eigenvalue weighted by Crippen LogP contribution is 2.30. The first-order valence-electron chi connectivity index (χ1n) is 8.73. The molecule has 1 aliphatic rings. The molecule has 146 valence electrons. The van der Waals surface area contributed by atoms with Gasteiger partial charge >= 0.3 is 0 Å². The Balaban J connectivity index is 2.09. The van der Waals surface area contributed by atoms with Gasteiger partial charge in [-0.15, -0.1) is 11.3 Å². The van der Waals surface area contributed by atoms with Gasteiger partial charge in [0.05, 0.1) is 21.9 Å². The van der Waals surface area contributed by atoms with E-state index in [1.807, 2.05) is 12.1 Å². The molecule has 0 fully saturated rings. The summed E-state index contributed by atoms with van der Waals surface area (Å²) in [5.41, 5.74) is 6.37. The third-order valence-corrected chi connectivity index (χ3v) is 5.81. The summed E-state index contributed by atoms with van der Waals surface area (Å²) >= 11 is 1.01. The lowest BCUT2D eigenvalue weighted by Crippen LogP contribution is -2.40. The molecule has 30 heavy (non-hydrogen) atoms. The van der Waals surface area contributed by atoms with E-state index < -0.39 is 23.2 Å². The number of thiazole rings is 1. The van der Waals surface area contributed by atoms with Crippen molar-refractivity contribution in [1.29, 1.82) is 10.5 Å². The summed E-state index contributed by atoms with van der Waals surface area (Å²) < 4.78 is 29.2. The van der Waals surface area contributed by atoms with Crippen LogP contribution >= 0.6 is 11.3 Å². The van der Waals surface area contributed by atoms with Crippen LogP contribution in [0.2, 0.25) is 0 Å². The minimum atomic E-state index is -0.976. The van der Waals surface area contributed by atoms with Crippen LogP contribution < -0.4 is 20.5 Å². The average molecular weight is 418 g/mol. The molecule has 8 heteroatoms. The molecular weight excluding hydrogens is 406 g/mol. The van der Waals surface area contributed by atoms with Crippen LogP contribution in [-0.2, 0) is 0 Å². The van der Waals surface area contributed by atoms with E-state index in [-0.39, 0.29) is 26.0 Å². The summed E-state index contributed by atoms with van der Waals surface area (Å²) in [5.74, 6) is -0.987. The lowest BCUT2D eigenvalue weighted by Gasteiger charge is -2.23. The van der Waals surface area contributed by atoms with Gasteiger partial charge in [0, 0.05) is 0 Å². The minimum absolute atomic E-state index is 0.000181. The highest BCUT2D eigenvalue weighted by atomic mass is 32.1. The number of nitrogens with two attached hydrogens (primary N) is 1. The van der Waals surface area contributed by atoms with E-state index in [2.05, 4.69) is 0 Å². The van der Waals surface area contributed by atoms with Crippen molar-refractivity contribution in [2.45, 2.75) is 6.04 Å². The topological polar surface area (TPSA) is 95.6 Å². The van der Waals surface area contributed by atoms with Crippen LogP contribution in [0.4, 0.5) is 8.78 Å². The molecule has 4 rings (SSSR count). The average Bonchev–Trinajstić information content (AvgIpc) is 3.03. The number of hydrogen-bond acceptors (Lipinski definition) is 5. The number of benzene rings is 2. The molecular formula is C22H12F2N4OS. The molecule has 1 aromatic heterocycles. The molecule has 0 radical (unpaired) electrons. The molecule has 5 nitrogen and oxygen atoms in total. The minimum Gasteiger partial charge on any atom is -0.397 e. The van der Waals surface area contributed by atoms with Gasteiger partial charge < -0.3 is 5.73 Å². The third-order valence-electron chi connectivity index (χ3n) is 4.70. The first kappa shape index (κ1) is 19.3. The zero-order valence-electron chi connectivity index (χ0n) is 15.3. The summed E-state index contributed by atoms with van der Waals surface area (Å²) in [6.45, 7) is 0. The van der Waals surface area contributed by atoms with Gasteiger partial charge in [-0.2, -0.15) is 10.5 Å². The van der Waals surface area contributed by atoms with Gasteiger partial charge in [-0.1, -0.05) is 24.3 Å². The maximum atomic E-state index is 13.9.